The number of carboxylic acid groups (broad SMARTS) is 1. The van der Waals surface area contributed by atoms with Gasteiger partial charge in [0, 0.05) is 42.2 Å². The fourth-order valence-electron chi connectivity index (χ4n) is 6.09. The smallest absolute Gasteiger partial charge is 0.337 e. The van der Waals surface area contributed by atoms with Crippen molar-refractivity contribution in [2.24, 2.45) is 4.99 Å². The van der Waals surface area contributed by atoms with Gasteiger partial charge in [0.15, 0.2) is 23.3 Å². The molecule has 0 aliphatic carbocycles. The van der Waals surface area contributed by atoms with Crippen LogP contribution in [0, 0.1) is 12.7 Å². The fourth-order valence-corrected chi connectivity index (χ4v) is 6.09. The zero-order valence-corrected chi connectivity index (χ0v) is 27.1. The summed E-state index contributed by atoms with van der Waals surface area (Å²) in [5, 5.41) is 15.4. The van der Waals surface area contributed by atoms with Crippen LogP contribution < -0.4 is 9.64 Å². The van der Waals surface area contributed by atoms with E-state index in [9.17, 15) is 9.90 Å². The number of rotatable bonds is 3. The quantitative estimate of drug-likeness (QED) is 0.269. The lowest BCUT2D eigenvalue weighted by Gasteiger charge is -2.41. The second-order valence-electron chi connectivity index (χ2n) is 13.2. The lowest BCUT2D eigenvalue weighted by Crippen LogP contribution is -2.45. The van der Waals surface area contributed by atoms with Crippen molar-refractivity contribution in [1.82, 2.24) is 14.6 Å². The standard InChI is InChI=1S/C35H40FN5O5/c1-21-19-37-20-44-35(6)13-15-40(16-14-35)32-29(31(33(42)43)46-34(3,4)5)22(2)38-28-18-27(39-41(28)32)24-10-7-9-23(17-24)25-11-8-12-26(36)30(25)45-21/h7-12,17-19,21,31H,13-16,20H2,1-6H3,(H,42,43). The normalized spacial score (nSPS) is 20.9. The number of anilines is 1. The van der Waals surface area contributed by atoms with Crippen molar-refractivity contribution in [3.8, 4) is 28.1 Å². The number of aromatic nitrogens is 3. The van der Waals surface area contributed by atoms with E-state index in [1.807, 2.05) is 71.0 Å². The highest BCUT2D eigenvalue weighted by atomic mass is 19.1. The first-order valence-corrected chi connectivity index (χ1v) is 15.6. The molecule has 0 radical (unpaired) electrons. The average molecular weight is 630 g/mol. The fraction of sp³-hybridized carbons (Fsp3) is 0.429. The summed E-state index contributed by atoms with van der Waals surface area (Å²) in [6.45, 7) is 12.5. The Morgan fingerprint density at radius 2 is 1.85 bits per heavy atom. The van der Waals surface area contributed by atoms with E-state index in [0.29, 0.717) is 59.9 Å². The average Bonchev–Trinajstić information content (AvgIpc) is 3.42. The Bertz CT molecular complexity index is 1810. The summed E-state index contributed by atoms with van der Waals surface area (Å²) in [5.74, 6) is -0.807. The van der Waals surface area contributed by atoms with Crippen LogP contribution in [0.4, 0.5) is 10.2 Å². The second-order valence-corrected chi connectivity index (χ2v) is 13.2. The molecule has 0 spiro atoms. The number of carboxylic acids is 1. The highest BCUT2D eigenvalue weighted by Crippen LogP contribution is 2.39. The van der Waals surface area contributed by atoms with Crippen LogP contribution in [0.2, 0.25) is 0 Å². The number of hydrogen-bond acceptors (Lipinski definition) is 8. The van der Waals surface area contributed by atoms with Crippen LogP contribution in [0.25, 0.3) is 28.0 Å². The predicted molar refractivity (Wildman–Crippen MR) is 174 cm³/mol. The molecule has 3 aliphatic heterocycles. The van der Waals surface area contributed by atoms with Gasteiger partial charge in [0.1, 0.15) is 18.7 Å². The van der Waals surface area contributed by atoms with Gasteiger partial charge in [-0.2, -0.15) is 9.61 Å². The van der Waals surface area contributed by atoms with Gasteiger partial charge in [-0.1, -0.05) is 30.3 Å². The maximum absolute atomic E-state index is 15.2. The summed E-state index contributed by atoms with van der Waals surface area (Å²) in [7, 11) is 0. The minimum absolute atomic E-state index is 0.128. The van der Waals surface area contributed by atoms with Crippen LogP contribution >= 0.6 is 0 Å². The van der Waals surface area contributed by atoms with Crippen molar-refractivity contribution in [1.29, 1.82) is 0 Å². The molecule has 46 heavy (non-hydrogen) atoms. The third-order valence-electron chi connectivity index (χ3n) is 8.43. The summed E-state index contributed by atoms with van der Waals surface area (Å²) in [4.78, 5) is 24.2. The Morgan fingerprint density at radius 1 is 1.13 bits per heavy atom. The van der Waals surface area contributed by atoms with Crippen molar-refractivity contribution in [3.63, 3.8) is 0 Å². The van der Waals surface area contributed by atoms with Crippen LogP contribution in [-0.2, 0) is 14.3 Å². The van der Waals surface area contributed by atoms with Crippen molar-refractivity contribution < 1.29 is 28.5 Å². The number of ether oxygens (including phenoxy) is 3. The molecule has 1 fully saturated rings. The van der Waals surface area contributed by atoms with Crippen molar-refractivity contribution in [3.05, 3.63) is 65.6 Å². The maximum Gasteiger partial charge on any atom is 0.337 e. The molecule has 5 heterocycles. The molecule has 242 valence electrons. The number of aliphatic carboxylic acids is 1. The van der Waals surface area contributed by atoms with Crippen LogP contribution in [-0.4, -0.2) is 69.0 Å². The summed E-state index contributed by atoms with van der Waals surface area (Å²) in [5.41, 5.74) is 3.18. The van der Waals surface area contributed by atoms with E-state index in [1.54, 1.807) is 16.8 Å². The molecule has 2 aromatic carbocycles. The van der Waals surface area contributed by atoms with Gasteiger partial charge in [0.2, 0.25) is 0 Å². The number of halogens is 1. The van der Waals surface area contributed by atoms with E-state index in [-0.39, 0.29) is 12.5 Å². The van der Waals surface area contributed by atoms with Crippen molar-refractivity contribution in [2.45, 2.75) is 77.8 Å². The SMILES string of the molecule is Cc1nc2cc3nn2c(c1C(OC(C)(C)C)C(=O)O)N1CCC(C)(CC1)OCN=CC(C)Oc1c(F)cccc1-c1cccc-3c1. The molecule has 6 bridgehead atoms. The van der Waals surface area contributed by atoms with Crippen LogP contribution in [0.15, 0.2) is 53.5 Å². The Morgan fingerprint density at radius 3 is 2.57 bits per heavy atom. The molecule has 4 aromatic rings. The number of aryl methyl sites for hydroxylation is 1. The van der Waals surface area contributed by atoms with Gasteiger partial charge >= 0.3 is 5.97 Å². The molecule has 2 unspecified atom stereocenters. The van der Waals surface area contributed by atoms with Crippen LogP contribution in [0.5, 0.6) is 5.75 Å². The van der Waals surface area contributed by atoms with Gasteiger partial charge in [0.05, 0.1) is 22.5 Å². The number of aliphatic imine (C=N–C) groups is 1. The molecule has 2 atom stereocenters. The van der Waals surface area contributed by atoms with Gasteiger partial charge in [-0.25, -0.2) is 14.2 Å². The predicted octanol–water partition coefficient (Wildman–Crippen LogP) is 6.64. The number of fused-ring (bicyclic) bond motifs is 6. The Hall–Kier alpha value is -4.35. The molecule has 10 nitrogen and oxygen atoms in total. The van der Waals surface area contributed by atoms with E-state index in [1.165, 1.54) is 6.07 Å². The van der Waals surface area contributed by atoms with Crippen LogP contribution in [0.3, 0.4) is 0 Å². The van der Waals surface area contributed by atoms with Gasteiger partial charge in [-0.05, 0) is 72.1 Å². The molecule has 2 aromatic heterocycles. The largest absolute Gasteiger partial charge is 0.481 e. The van der Waals surface area contributed by atoms with E-state index in [0.717, 1.165) is 11.1 Å². The van der Waals surface area contributed by atoms with E-state index >= 15 is 4.39 Å². The zero-order chi connectivity index (χ0) is 32.8. The molecule has 7 rings (SSSR count). The Labute approximate surface area is 267 Å². The topological polar surface area (TPSA) is 111 Å². The lowest BCUT2D eigenvalue weighted by molar-refractivity contribution is -0.160. The maximum atomic E-state index is 15.2. The van der Waals surface area contributed by atoms with Gasteiger partial charge in [-0.15, -0.1) is 0 Å². The van der Waals surface area contributed by atoms with Crippen molar-refractivity contribution in [2.75, 3.05) is 24.7 Å². The number of nitrogens with zero attached hydrogens (tertiary/aromatic N) is 5. The summed E-state index contributed by atoms with van der Waals surface area (Å²) < 4.78 is 35.4. The number of hydrogen-bond donors (Lipinski definition) is 1. The molecular weight excluding hydrogens is 589 g/mol. The molecule has 3 aliphatic rings. The summed E-state index contributed by atoms with van der Waals surface area (Å²) >= 11 is 0. The summed E-state index contributed by atoms with van der Waals surface area (Å²) in [6.07, 6.45) is 1.21. The number of piperidine rings is 1. The van der Waals surface area contributed by atoms with Gasteiger partial charge in [0.25, 0.3) is 0 Å². The lowest BCUT2D eigenvalue weighted by atomic mass is 9.92. The van der Waals surface area contributed by atoms with Gasteiger partial charge in [-0.3, -0.25) is 4.99 Å². The first-order valence-electron chi connectivity index (χ1n) is 15.6. The van der Waals surface area contributed by atoms with Crippen LogP contribution in [0.1, 0.15) is 64.8 Å². The third kappa shape index (κ3) is 6.34. The van der Waals surface area contributed by atoms with Gasteiger partial charge < -0.3 is 24.2 Å². The minimum atomic E-state index is -1.27. The number of carbonyl (C=O) groups is 1. The van der Waals surface area contributed by atoms with E-state index in [4.69, 9.17) is 24.3 Å². The second kappa shape index (κ2) is 12.1. The molecule has 11 heteroatoms. The van der Waals surface area contributed by atoms with E-state index < -0.39 is 35.2 Å². The molecule has 0 saturated carbocycles. The number of benzene rings is 2. The zero-order valence-electron chi connectivity index (χ0n) is 27.1. The molecule has 1 N–H and O–H groups in total. The monoisotopic (exact) mass is 629 g/mol. The third-order valence-corrected chi connectivity index (χ3v) is 8.43. The first-order chi connectivity index (χ1) is 21.8. The molecule has 1 saturated heterocycles. The van der Waals surface area contributed by atoms with E-state index in [2.05, 4.69) is 16.8 Å². The van der Waals surface area contributed by atoms with Crippen molar-refractivity contribution >= 4 is 23.6 Å². The minimum Gasteiger partial charge on any atom is -0.481 e. The molecular formula is C35H40FN5O5. The first kappa shape index (κ1) is 31.6. The highest BCUT2D eigenvalue weighted by molar-refractivity contribution is 5.80. The highest BCUT2D eigenvalue weighted by Gasteiger charge is 2.38. The Balaban J connectivity index is 1.57. The summed E-state index contributed by atoms with van der Waals surface area (Å²) in [6, 6.07) is 14.4. The molecule has 0 amide bonds. The number of para-hydroxylation sites is 1. The Kier molecular flexibility index (Phi) is 8.32.